The lowest BCUT2D eigenvalue weighted by Crippen LogP contribution is -2.59. The number of carbonyl (C=O) groups is 3. The lowest BCUT2D eigenvalue weighted by atomic mass is 10.0. The normalized spacial score (nSPS) is 20.4. The number of benzene rings is 2. The van der Waals surface area contributed by atoms with Crippen molar-refractivity contribution in [2.45, 2.75) is 44.9 Å². The molecule has 1 saturated heterocycles. The number of likely N-dealkylation sites (tertiary alicyclic amines) is 1. The van der Waals surface area contributed by atoms with E-state index in [2.05, 4.69) is 10.6 Å². The van der Waals surface area contributed by atoms with E-state index in [1.165, 1.54) is 7.11 Å². The first-order valence-electron chi connectivity index (χ1n) is 12.9. The van der Waals surface area contributed by atoms with Gasteiger partial charge in [-0.1, -0.05) is 18.2 Å². The van der Waals surface area contributed by atoms with Crippen LogP contribution in [0.15, 0.2) is 42.5 Å². The average molecular weight is 526 g/mol. The fraction of sp³-hybridized carbons (Fsp3) is 0.464. The summed E-state index contributed by atoms with van der Waals surface area (Å²) in [6.45, 7) is 3.26. The molecule has 3 amide bonds. The zero-order valence-corrected chi connectivity index (χ0v) is 21.9. The van der Waals surface area contributed by atoms with Crippen LogP contribution in [0.1, 0.15) is 30.9 Å². The molecule has 0 aliphatic carbocycles. The predicted octanol–water partition coefficient (Wildman–Crippen LogP) is 1.84. The smallest absolute Gasteiger partial charge is 0.258 e. The van der Waals surface area contributed by atoms with E-state index in [1.54, 1.807) is 11.0 Å². The van der Waals surface area contributed by atoms with Crippen molar-refractivity contribution in [3.63, 3.8) is 0 Å². The molecule has 7 rings (SSSR count). The molecule has 10 heteroatoms. The van der Waals surface area contributed by atoms with E-state index < -0.39 is 6.04 Å². The molecule has 0 unspecified atom stereocenters. The minimum Gasteiger partial charge on any atom is -0.493 e. The molecule has 0 radical (unpaired) electrons. The van der Waals surface area contributed by atoms with Gasteiger partial charge in [0.1, 0.15) is 18.5 Å². The van der Waals surface area contributed by atoms with E-state index >= 15 is 0 Å². The average Bonchev–Trinajstić information content (AvgIpc) is 2.93. The molecular weight excluding hydrogens is 490 g/mol. The molecule has 2 aromatic rings. The Balaban J connectivity index is 1.54. The zero-order valence-electron chi connectivity index (χ0n) is 21.9. The van der Waals surface area contributed by atoms with E-state index in [0.29, 0.717) is 62.8 Å². The summed E-state index contributed by atoms with van der Waals surface area (Å²) in [5.74, 6) is 1.04. The van der Waals surface area contributed by atoms with Crippen LogP contribution in [-0.4, -0.2) is 74.8 Å². The van der Waals surface area contributed by atoms with Crippen LogP contribution in [0.5, 0.6) is 17.2 Å². The van der Waals surface area contributed by atoms with Gasteiger partial charge in [0.2, 0.25) is 11.8 Å². The van der Waals surface area contributed by atoms with E-state index in [9.17, 15) is 14.4 Å². The Morgan fingerprint density at radius 3 is 2.63 bits per heavy atom. The SMILES string of the molecule is CCOCC(=O)N1CC[C@H]2Oc3ccc(cc3)CNC(=O)CCc3ccc(c(OC)c3)OCC(=O)N[C@@H]2C1. The van der Waals surface area contributed by atoms with Crippen LogP contribution >= 0.6 is 0 Å². The number of amides is 3. The van der Waals surface area contributed by atoms with Crippen LogP contribution in [0.3, 0.4) is 0 Å². The Kier molecular flexibility index (Phi) is 9.42. The second-order valence-electron chi connectivity index (χ2n) is 9.29. The first-order valence-corrected chi connectivity index (χ1v) is 12.9. The molecule has 0 saturated carbocycles. The van der Waals surface area contributed by atoms with Crippen molar-refractivity contribution in [1.82, 2.24) is 15.5 Å². The van der Waals surface area contributed by atoms with Gasteiger partial charge in [0, 0.05) is 39.1 Å². The summed E-state index contributed by atoms with van der Waals surface area (Å²) < 4.78 is 22.8. The van der Waals surface area contributed by atoms with Crippen LogP contribution in [0, 0.1) is 0 Å². The Bertz CT molecular complexity index is 1120. The van der Waals surface area contributed by atoms with Crippen LogP contribution < -0.4 is 24.8 Å². The van der Waals surface area contributed by atoms with Gasteiger partial charge in [0.15, 0.2) is 18.1 Å². The van der Waals surface area contributed by atoms with Crippen LogP contribution in [-0.2, 0) is 32.1 Å². The van der Waals surface area contributed by atoms with Gasteiger partial charge >= 0.3 is 0 Å². The van der Waals surface area contributed by atoms with E-state index in [4.69, 9.17) is 18.9 Å². The molecule has 0 aromatic heterocycles. The number of ether oxygens (including phenoxy) is 4. The van der Waals surface area contributed by atoms with Gasteiger partial charge in [-0.3, -0.25) is 14.4 Å². The van der Waals surface area contributed by atoms with Gasteiger partial charge in [-0.25, -0.2) is 0 Å². The molecule has 2 N–H and O–H groups in total. The first kappa shape index (κ1) is 27.3. The van der Waals surface area contributed by atoms with Gasteiger partial charge in [0.25, 0.3) is 5.91 Å². The summed E-state index contributed by atoms with van der Waals surface area (Å²) in [5, 5.41) is 5.94. The Morgan fingerprint density at radius 1 is 1.08 bits per heavy atom. The lowest BCUT2D eigenvalue weighted by Gasteiger charge is -2.38. The van der Waals surface area contributed by atoms with Crippen LogP contribution in [0.25, 0.3) is 0 Å². The molecule has 2 aromatic carbocycles. The number of nitrogens with zero attached hydrogens (tertiary/aromatic N) is 1. The fourth-order valence-corrected chi connectivity index (χ4v) is 4.50. The minimum absolute atomic E-state index is 0.000405. The number of piperidine rings is 1. The highest BCUT2D eigenvalue weighted by Gasteiger charge is 2.34. The van der Waals surface area contributed by atoms with Crippen molar-refractivity contribution < 1.29 is 33.3 Å². The van der Waals surface area contributed by atoms with Crippen molar-refractivity contribution in [3.8, 4) is 17.2 Å². The summed E-state index contributed by atoms with van der Waals surface area (Å²) in [6, 6.07) is 12.5. The standard InChI is InChI=1S/C28H35N3O7/c1-3-36-18-28(34)31-13-12-23-22(16-31)30-27(33)17-37-24-10-6-19(14-25(24)35-2)7-11-26(32)29-15-20-4-8-21(38-23)9-5-20/h4-6,8-10,14,22-23H,3,7,11-13,15-18H2,1-2H3,(H,29,32)(H,30,33)/t22-,23-/m1/s1. The van der Waals surface area contributed by atoms with Crippen molar-refractivity contribution in [1.29, 1.82) is 0 Å². The van der Waals surface area contributed by atoms with Gasteiger partial charge in [-0.15, -0.1) is 0 Å². The summed E-state index contributed by atoms with van der Waals surface area (Å²) >= 11 is 0. The summed E-state index contributed by atoms with van der Waals surface area (Å²) in [5.41, 5.74) is 1.87. The summed E-state index contributed by atoms with van der Waals surface area (Å²) in [6.07, 6.45) is 1.06. The summed E-state index contributed by atoms with van der Waals surface area (Å²) in [7, 11) is 1.53. The van der Waals surface area contributed by atoms with Crippen molar-refractivity contribution in [2.24, 2.45) is 0 Å². The molecule has 5 aliphatic rings. The van der Waals surface area contributed by atoms with Gasteiger partial charge in [0.05, 0.1) is 13.2 Å². The first-order chi connectivity index (χ1) is 18.4. The van der Waals surface area contributed by atoms with E-state index in [1.807, 2.05) is 43.3 Å². The Hall–Kier alpha value is -3.79. The zero-order chi connectivity index (χ0) is 26.9. The molecule has 38 heavy (non-hydrogen) atoms. The quantitative estimate of drug-likeness (QED) is 0.626. The maximum absolute atomic E-state index is 12.9. The number of nitrogens with one attached hydrogen (secondary N) is 2. The predicted molar refractivity (Wildman–Crippen MR) is 139 cm³/mol. The molecule has 5 aliphatic heterocycles. The Labute approximate surface area is 222 Å². The maximum atomic E-state index is 12.9. The molecule has 4 bridgehead atoms. The maximum Gasteiger partial charge on any atom is 0.258 e. The van der Waals surface area contributed by atoms with Gasteiger partial charge in [-0.05, 0) is 48.7 Å². The van der Waals surface area contributed by atoms with Crippen molar-refractivity contribution >= 4 is 17.7 Å². The number of carbonyl (C=O) groups excluding carboxylic acids is 3. The second-order valence-corrected chi connectivity index (χ2v) is 9.29. The third-order valence-corrected chi connectivity index (χ3v) is 6.61. The van der Waals surface area contributed by atoms with Gasteiger partial charge in [-0.2, -0.15) is 0 Å². The van der Waals surface area contributed by atoms with Crippen molar-refractivity contribution in [2.75, 3.05) is 40.0 Å². The van der Waals surface area contributed by atoms with Crippen LogP contribution in [0.2, 0.25) is 0 Å². The summed E-state index contributed by atoms with van der Waals surface area (Å²) in [4.78, 5) is 39.6. The molecule has 5 heterocycles. The third kappa shape index (κ3) is 7.38. The molecule has 2 atom stereocenters. The number of aryl methyl sites for hydroxylation is 1. The van der Waals surface area contributed by atoms with E-state index in [0.717, 1.165) is 11.1 Å². The third-order valence-electron chi connectivity index (χ3n) is 6.61. The van der Waals surface area contributed by atoms with Gasteiger partial charge < -0.3 is 34.5 Å². The molecule has 0 spiro atoms. The van der Waals surface area contributed by atoms with Crippen molar-refractivity contribution in [3.05, 3.63) is 53.6 Å². The molecular formula is C28H35N3O7. The number of hydrogen-bond donors (Lipinski definition) is 2. The molecule has 1 fully saturated rings. The lowest BCUT2D eigenvalue weighted by molar-refractivity contribution is -0.139. The molecule has 10 nitrogen and oxygen atoms in total. The fourth-order valence-electron chi connectivity index (χ4n) is 4.50. The largest absolute Gasteiger partial charge is 0.493 e. The number of hydrogen-bond acceptors (Lipinski definition) is 7. The highest BCUT2D eigenvalue weighted by Crippen LogP contribution is 2.29. The minimum atomic E-state index is -0.445. The monoisotopic (exact) mass is 525 g/mol. The topological polar surface area (TPSA) is 115 Å². The second kappa shape index (κ2) is 13.1. The van der Waals surface area contributed by atoms with Crippen LogP contribution in [0.4, 0.5) is 0 Å². The molecule has 204 valence electrons. The van der Waals surface area contributed by atoms with E-state index in [-0.39, 0.29) is 37.0 Å². The number of methoxy groups -OCH3 is 1. The number of rotatable bonds is 4. The highest BCUT2D eigenvalue weighted by atomic mass is 16.5. The highest BCUT2D eigenvalue weighted by molar-refractivity contribution is 5.79. The Morgan fingerprint density at radius 2 is 1.87 bits per heavy atom.